The van der Waals surface area contributed by atoms with Gasteiger partial charge in [-0.05, 0) is 29.7 Å². The number of benzene rings is 2. The molecule has 3 aromatic rings. The van der Waals surface area contributed by atoms with E-state index in [4.69, 9.17) is 0 Å². The van der Waals surface area contributed by atoms with Crippen LogP contribution in [0.15, 0.2) is 53.3 Å². The Morgan fingerprint density at radius 1 is 1.09 bits per heavy atom. The van der Waals surface area contributed by atoms with Crippen molar-refractivity contribution >= 4 is 29.3 Å². The van der Waals surface area contributed by atoms with E-state index in [9.17, 15) is 18.8 Å². The number of anilines is 3. The Balaban J connectivity index is 1.46. The van der Waals surface area contributed by atoms with E-state index >= 15 is 0 Å². The summed E-state index contributed by atoms with van der Waals surface area (Å²) in [5.74, 6) is -2.36. The molecule has 1 aromatic heterocycles. The third kappa shape index (κ3) is 3.62. The lowest BCUT2D eigenvalue weighted by molar-refractivity contribution is -0.123. The zero-order valence-corrected chi connectivity index (χ0v) is 17.0. The number of aromatic amines is 1. The highest BCUT2D eigenvalue weighted by molar-refractivity contribution is 6.04. The van der Waals surface area contributed by atoms with E-state index in [1.54, 1.807) is 6.07 Å². The Bertz CT molecular complexity index is 1290. The van der Waals surface area contributed by atoms with Crippen molar-refractivity contribution in [2.45, 2.75) is 25.3 Å². The Morgan fingerprint density at radius 3 is 2.66 bits per heavy atom. The second-order valence-electron chi connectivity index (χ2n) is 7.87. The first-order chi connectivity index (χ1) is 15.5. The molecule has 2 aliphatic rings. The maximum Gasteiger partial charge on any atom is 0.258 e. The van der Waals surface area contributed by atoms with Gasteiger partial charge in [-0.15, -0.1) is 0 Å². The molecule has 0 saturated heterocycles. The molecule has 0 unspecified atom stereocenters. The topological polar surface area (TPSA) is 107 Å². The number of aromatic nitrogens is 2. The summed E-state index contributed by atoms with van der Waals surface area (Å²) in [6, 6.07) is 13.8. The van der Waals surface area contributed by atoms with E-state index < -0.39 is 29.1 Å². The molecular formula is C23H20FN5O3. The molecule has 1 atom stereocenters. The first-order valence-electron chi connectivity index (χ1n) is 10.3. The molecule has 0 aliphatic carbocycles. The first-order valence-corrected chi connectivity index (χ1v) is 10.3. The van der Waals surface area contributed by atoms with Crippen LogP contribution in [0.3, 0.4) is 0 Å². The summed E-state index contributed by atoms with van der Waals surface area (Å²) in [6.45, 7) is 1.23. The molecule has 2 aromatic carbocycles. The molecule has 3 heterocycles. The van der Waals surface area contributed by atoms with Gasteiger partial charge in [0, 0.05) is 19.5 Å². The molecule has 162 valence electrons. The lowest BCUT2D eigenvalue weighted by atomic mass is 9.92. The summed E-state index contributed by atoms with van der Waals surface area (Å²) in [6.07, 6.45) is 0.575. The van der Waals surface area contributed by atoms with Gasteiger partial charge in [0.1, 0.15) is 11.6 Å². The highest BCUT2D eigenvalue weighted by Crippen LogP contribution is 2.31. The summed E-state index contributed by atoms with van der Waals surface area (Å²) < 4.78 is 14.0. The molecule has 9 heteroatoms. The van der Waals surface area contributed by atoms with Crippen molar-refractivity contribution in [2.75, 3.05) is 22.1 Å². The predicted molar refractivity (Wildman–Crippen MR) is 117 cm³/mol. The van der Waals surface area contributed by atoms with Gasteiger partial charge in [0.2, 0.25) is 17.8 Å². The molecule has 0 bridgehead atoms. The molecule has 0 saturated carbocycles. The van der Waals surface area contributed by atoms with Gasteiger partial charge in [0.15, 0.2) is 0 Å². The second-order valence-corrected chi connectivity index (χ2v) is 7.87. The summed E-state index contributed by atoms with van der Waals surface area (Å²) in [5.41, 5.74) is 1.95. The summed E-state index contributed by atoms with van der Waals surface area (Å²) in [7, 11) is 0. The van der Waals surface area contributed by atoms with Crippen LogP contribution >= 0.6 is 0 Å². The van der Waals surface area contributed by atoms with Crippen molar-refractivity contribution in [1.29, 1.82) is 0 Å². The summed E-state index contributed by atoms with van der Waals surface area (Å²) >= 11 is 0. The van der Waals surface area contributed by atoms with Crippen LogP contribution < -0.4 is 21.1 Å². The van der Waals surface area contributed by atoms with Crippen molar-refractivity contribution in [2.24, 2.45) is 0 Å². The predicted octanol–water partition coefficient (Wildman–Crippen LogP) is 2.54. The van der Waals surface area contributed by atoms with Gasteiger partial charge in [0.25, 0.3) is 5.56 Å². The standard InChI is InChI=1S/C23H20FN5O3/c24-16-7-3-4-8-17(16)25-21(31)15-11-18(30)26-20-19(15)22(32)28-23(27-20)29-10-9-13-5-1-2-6-14(13)12-29/h1-8,15H,9-12H2,(H,25,31)(H2,26,27,28,30,32)/t15-/m0/s1. The Labute approximate surface area is 182 Å². The third-order valence-corrected chi connectivity index (χ3v) is 5.82. The van der Waals surface area contributed by atoms with Crippen LogP contribution in [0.25, 0.3) is 0 Å². The number of nitrogens with zero attached hydrogens (tertiary/aromatic N) is 2. The number of halogens is 1. The monoisotopic (exact) mass is 433 g/mol. The van der Waals surface area contributed by atoms with E-state index in [0.717, 1.165) is 12.0 Å². The number of amides is 2. The normalized spacial score (nSPS) is 17.2. The van der Waals surface area contributed by atoms with E-state index in [0.29, 0.717) is 19.0 Å². The van der Waals surface area contributed by atoms with Crippen molar-refractivity contribution in [3.05, 3.63) is 81.4 Å². The SMILES string of the molecule is O=C1C[C@H](C(=O)Nc2ccccc2F)c2c(nc(N3CCc4ccccc4C3)[nH]c2=O)N1. The minimum Gasteiger partial charge on any atom is -0.338 e. The van der Waals surface area contributed by atoms with Gasteiger partial charge >= 0.3 is 0 Å². The van der Waals surface area contributed by atoms with Crippen molar-refractivity contribution in [1.82, 2.24) is 9.97 Å². The van der Waals surface area contributed by atoms with Gasteiger partial charge in [-0.25, -0.2) is 4.39 Å². The molecule has 2 aliphatic heterocycles. The maximum atomic E-state index is 14.0. The third-order valence-electron chi connectivity index (χ3n) is 5.82. The highest BCUT2D eigenvalue weighted by Gasteiger charge is 2.35. The molecule has 8 nitrogen and oxygen atoms in total. The average molecular weight is 433 g/mol. The lowest BCUT2D eigenvalue weighted by Gasteiger charge is -2.30. The fourth-order valence-corrected chi connectivity index (χ4v) is 4.19. The van der Waals surface area contributed by atoms with Crippen molar-refractivity contribution < 1.29 is 14.0 Å². The fraction of sp³-hybridized carbons (Fsp3) is 0.217. The number of carbonyl (C=O) groups excluding carboxylic acids is 2. The maximum absolute atomic E-state index is 14.0. The second kappa shape index (κ2) is 7.92. The summed E-state index contributed by atoms with van der Waals surface area (Å²) in [5, 5.41) is 5.08. The lowest BCUT2D eigenvalue weighted by Crippen LogP contribution is -2.39. The van der Waals surface area contributed by atoms with E-state index in [1.165, 1.54) is 23.8 Å². The zero-order chi connectivity index (χ0) is 22.2. The number of nitrogens with one attached hydrogen (secondary N) is 3. The molecule has 0 spiro atoms. The van der Waals surface area contributed by atoms with Crippen molar-refractivity contribution in [3.63, 3.8) is 0 Å². The smallest absolute Gasteiger partial charge is 0.258 e. The molecule has 3 N–H and O–H groups in total. The first kappa shape index (κ1) is 19.9. The van der Waals surface area contributed by atoms with Crippen LogP contribution in [0, 0.1) is 5.82 Å². The van der Waals surface area contributed by atoms with Crippen LogP contribution in [0.1, 0.15) is 29.0 Å². The van der Waals surface area contributed by atoms with Gasteiger partial charge in [0.05, 0.1) is 17.2 Å². The van der Waals surface area contributed by atoms with Crippen LogP contribution in [0.5, 0.6) is 0 Å². The Kier molecular flexibility index (Phi) is 4.93. The van der Waals surface area contributed by atoms with Crippen molar-refractivity contribution in [3.8, 4) is 0 Å². The minimum atomic E-state index is -1.08. The molecule has 0 fully saturated rings. The van der Waals surface area contributed by atoms with E-state index in [1.807, 2.05) is 23.1 Å². The largest absolute Gasteiger partial charge is 0.338 e. The fourth-order valence-electron chi connectivity index (χ4n) is 4.19. The van der Waals surface area contributed by atoms with Gasteiger partial charge in [-0.3, -0.25) is 19.4 Å². The average Bonchev–Trinajstić information content (AvgIpc) is 2.79. The molecular weight excluding hydrogens is 413 g/mol. The van der Waals surface area contributed by atoms with Gasteiger partial charge in [-0.2, -0.15) is 4.98 Å². The minimum absolute atomic E-state index is 0.0157. The van der Waals surface area contributed by atoms with E-state index in [2.05, 4.69) is 26.7 Å². The zero-order valence-electron chi connectivity index (χ0n) is 17.0. The number of rotatable bonds is 3. The van der Waals surface area contributed by atoms with Gasteiger partial charge < -0.3 is 15.5 Å². The van der Waals surface area contributed by atoms with Gasteiger partial charge in [-0.1, -0.05) is 36.4 Å². The van der Waals surface area contributed by atoms with Crippen LogP contribution in [-0.2, 0) is 22.6 Å². The summed E-state index contributed by atoms with van der Waals surface area (Å²) in [4.78, 5) is 47.3. The number of carbonyl (C=O) groups is 2. The number of hydrogen-bond acceptors (Lipinski definition) is 5. The molecule has 0 radical (unpaired) electrons. The van der Waals surface area contributed by atoms with Crippen LogP contribution in [-0.4, -0.2) is 28.3 Å². The Hall–Kier alpha value is -4.01. The molecule has 5 rings (SSSR count). The number of fused-ring (bicyclic) bond motifs is 2. The highest BCUT2D eigenvalue weighted by atomic mass is 19.1. The number of H-pyrrole nitrogens is 1. The van der Waals surface area contributed by atoms with E-state index in [-0.39, 0.29) is 23.5 Å². The number of hydrogen-bond donors (Lipinski definition) is 3. The molecule has 32 heavy (non-hydrogen) atoms. The number of para-hydroxylation sites is 1. The van der Waals surface area contributed by atoms with Crippen LogP contribution in [0.2, 0.25) is 0 Å². The molecule has 2 amide bonds. The van der Waals surface area contributed by atoms with Crippen LogP contribution in [0.4, 0.5) is 21.8 Å². The Morgan fingerprint density at radius 2 is 1.84 bits per heavy atom. The quantitative estimate of drug-likeness (QED) is 0.589.